The molecule has 3 nitrogen and oxygen atoms in total. The maximum Gasteiger partial charge on any atom is 0.211 e. The van der Waals surface area contributed by atoms with Gasteiger partial charge in [-0.3, -0.25) is 0 Å². The minimum Gasteiger partial charge on any atom is -0.504 e. The molecule has 0 saturated carbocycles. The largest absolute Gasteiger partial charge is 0.504 e. The number of phenols is 2. The zero-order valence-corrected chi connectivity index (χ0v) is 12.6. The lowest BCUT2D eigenvalue weighted by molar-refractivity contribution is 0.370. The van der Waals surface area contributed by atoms with Crippen LogP contribution in [-0.4, -0.2) is 10.2 Å². The summed E-state index contributed by atoms with van der Waals surface area (Å²) in [7, 11) is 0. The minimum absolute atomic E-state index is 0.0399. The number of aryl methyl sites for hydroxylation is 2. The predicted molar refractivity (Wildman–Crippen MR) is 84.3 cm³/mol. The first-order valence-electron chi connectivity index (χ1n) is 7.46. The predicted octanol–water partition coefficient (Wildman–Crippen LogP) is 4.80. The molecule has 0 spiro atoms. The summed E-state index contributed by atoms with van der Waals surface area (Å²) in [6.07, 6.45) is 3.37. The molecule has 112 valence electrons. The Hall–Kier alpha value is -2.16. The highest BCUT2D eigenvalue weighted by atomic mass is 16.5. The quantitative estimate of drug-likeness (QED) is 0.802. The zero-order chi connectivity index (χ0) is 15.2. The van der Waals surface area contributed by atoms with Crippen molar-refractivity contribution >= 4 is 0 Å². The van der Waals surface area contributed by atoms with Crippen LogP contribution in [-0.2, 0) is 12.8 Å². The van der Waals surface area contributed by atoms with Crippen LogP contribution >= 0.6 is 0 Å². The van der Waals surface area contributed by atoms with Gasteiger partial charge in [0.1, 0.15) is 5.75 Å². The summed E-state index contributed by atoms with van der Waals surface area (Å²) in [6, 6.07) is 11.1. The van der Waals surface area contributed by atoms with Crippen molar-refractivity contribution in [3.05, 3.63) is 47.5 Å². The highest BCUT2D eigenvalue weighted by Gasteiger charge is 2.18. The Bertz CT molecular complexity index is 561. The molecule has 0 radical (unpaired) electrons. The molecule has 0 amide bonds. The smallest absolute Gasteiger partial charge is 0.211 e. The van der Waals surface area contributed by atoms with Crippen LogP contribution in [0.1, 0.15) is 37.8 Å². The molecule has 2 N–H and O–H groups in total. The maximum atomic E-state index is 10.4. The number of hydrogen-bond donors (Lipinski definition) is 2. The highest BCUT2D eigenvalue weighted by Crippen LogP contribution is 2.44. The topological polar surface area (TPSA) is 49.7 Å². The van der Waals surface area contributed by atoms with Gasteiger partial charge in [-0.15, -0.1) is 0 Å². The molecule has 0 saturated heterocycles. The van der Waals surface area contributed by atoms with E-state index in [4.69, 9.17) is 4.74 Å². The van der Waals surface area contributed by atoms with Crippen molar-refractivity contribution in [2.75, 3.05) is 0 Å². The first kappa shape index (κ1) is 15.2. The fraction of sp³-hybridized carbons (Fsp3) is 0.333. The summed E-state index contributed by atoms with van der Waals surface area (Å²) < 4.78 is 5.71. The minimum atomic E-state index is 0.0399. The molecule has 0 fully saturated rings. The van der Waals surface area contributed by atoms with Crippen molar-refractivity contribution in [3.63, 3.8) is 0 Å². The average Bonchev–Trinajstić information content (AvgIpc) is 2.50. The Labute approximate surface area is 125 Å². The molecule has 21 heavy (non-hydrogen) atoms. The Kier molecular flexibility index (Phi) is 5.09. The normalized spacial score (nSPS) is 10.6. The Morgan fingerprint density at radius 1 is 0.857 bits per heavy atom. The lowest BCUT2D eigenvalue weighted by Gasteiger charge is -2.16. The second kappa shape index (κ2) is 7.02. The van der Waals surface area contributed by atoms with E-state index in [-0.39, 0.29) is 17.2 Å². The molecule has 0 aromatic heterocycles. The third kappa shape index (κ3) is 3.48. The van der Waals surface area contributed by atoms with Gasteiger partial charge in [-0.2, -0.15) is 0 Å². The van der Waals surface area contributed by atoms with E-state index in [0.29, 0.717) is 5.75 Å². The summed E-state index contributed by atoms with van der Waals surface area (Å²) in [5.74, 6) is 0.839. The van der Waals surface area contributed by atoms with Crippen LogP contribution in [0, 0.1) is 0 Å². The monoisotopic (exact) mass is 286 g/mol. The van der Waals surface area contributed by atoms with Crippen LogP contribution in [0.15, 0.2) is 36.4 Å². The van der Waals surface area contributed by atoms with Crippen molar-refractivity contribution in [2.24, 2.45) is 0 Å². The Morgan fingerprint density at radius 3 is 1.86 bits per heavy atom. The zero-order valence-electron chi connectivity index (χ0n) is 12.6. The summed E-state index contributed by atoms with van der Waals surface area (Å²) in [5.41, 5.74) is 1.65. The molecule has 0 heterocycles. The third-order valence-corrected chi connectivity index (χ3v) is 3.39. The first-order valence-corrected chi connectivity index (χ1v) is 7.46. The lowest BCUT2D eigenvalue weighted by Crippen LogP contribution is -1.95. The van der Waals surface area contributed by atoms with Gasteiger partial charge < -0.3 is 14.9 Å². The molecule has 0 aliphatic heterocycles. The fourth-order valence-electron chi connectivity index (χ4n) is 2.37. The molecule has 2 aromatic carbocycles. The average molecular weight is 286 g/mol. The van der Waals surface area contributed by atoms with E-state index in [1.807, 2.05) is 24.3 Å². The number of para-hydroxylation sites is 1. The maximum absolute atomic E-state index is 10.4. The second-order valence-electron chi connectivity index (χ2n) is 5.14. The molecule has 0 atom stereocenters. The molecule has 3 heteroatoms. The van der Waals surface area contributed by atoms with E-state index < -0.39 is 0 Å². The lowest BCUT2D eigenvalue weighted by atomic mass is 10.0. The van der Waals surface area contributed by atoms with Crippen LogP contribution in [0.25, 0.3) is 0 Å². The van der Waals surface area contributed by atoms with Gasteiger partial charge in [0.25, 0.3) is 0 Å². The Balaban J connectivity index is 2.46. The third-order valence-electron chi connectivity index (χ3n) is 3.39. The van der Waals surface area contributed by atoms with E-state index >= 15 is 0 Å². The van der Waals surface area contributed by atoms with Crippen molar-refractivity contribution in [1.82, 2.24) is 0 Å². The van der Waals surface area contributed by atoms with E-state index in [1.54, 1.807) is 12.1 Å². The number of aromatic hydroxyl groups is 2. The molecule has 0 aliphatic carbocycles. The van der Waals surface area contributed by atoms with Crippen LogP contribution in [0.2, 0.25) is 0 Å². The van der Waals surface area contributed by atoms with Crippen LogP contribution in [0.4, 0.5) is 0 Å². The van der Waals surface area contributed by atoms with Crippen molar-refractivity contribution in [2.45, 2.75) is 39.5 Å². The van der Waals surface area contributed by atoms with Gasteiger partial charge in [-0.25, -0.2) is 0 Å². The summed E-state index contributed by atoms with van der Waals surface area (Å²) >= 11 is 0. The van der Waals surface area contributed by atoms with Gasteiger partial charge in [-0.1, -0.05) is 44.9 Å². The van der Waals surface area contributed by atoms with E-state index in [9.17, 15) is 10.2 Å². The molecular formula is C18H22O3. The van der Waals surface area contributed by atoms with Crippen LogP contribution in [0.3, 0.4) is 0 Å². The van der Waals surface area contributed by atoms with E-state index in [2.05, 4.69) is 13.8 Å². The number of ether oxygens (including phenoxy) is 1. The van der Waals surface area contributed by atoms with E-state index in [0.717, 1.165) is 36.8 Å². The van der Waals surface area contributed by atoms with Gasteiger partial charge in [0.15, 0.2) is 11.5 Å². The van der Waals surface area contributed by atoms with Gasteiger partial charge in [-0.05, 0) is 42.2 Å². The Morgan fingerprint density at radius 2 is 1.38 bits per heavy atom. The number of benzene rings is 2. The van der Waals surface area contributed by atoms with Crippen molar-refractivity contribution in [3.8, 4) is 23.0 Å². The SMILES string of the molecule is CCCc1cc(CCC)c(O)c(Oc2ccccc2)c1O. The molecule has 0 unspecified atom stereocenters. The standard InChI is InChI=1S/C18H22O3/c1-3-8-13-12-14(9-4-2)17(20)18(16(13)19)21-15-10-6-5-7-11-15/h5-7,10-12,19-20H,3-4,8-9H2,1-2H3. The first-order chi connectivity index (χ1) is 10.2. The van der Waals surface area contributed by atoms with Crippen LogP contribution in [0.5, 0.6) is 23.0 Å². The molecule has 0 aliphatic rings. The fourth-order valence-corrected chi connectivity index (χ4v) is 2.37. The van der Waals surface area contributed by atoms with Crippen molar-refractivity contribution < 1.29 is 14.9 Å². The van der Waals surface area contributed by atoms with Gasteiger partial charge >= 0.3 is 0 Å². The van der Waals surface area contributed by atoms with Gasteiger partial charge in [0.2, 0.25) is 5.75 Å². The van der Waals surface area contributed by atoms with Gasteiger partial charge in [0.05, 0.1) is 0 Å². The summed E-state index contributed by atoms with van der Waals surface area (Å²) in [4.78, 5) is 0. The number of rotatable bonds is 6. The molecule has 2 rings (SSSR count). The molecule has 2 aromatic rings. The van der Waals surface area contributed by atoms with Crippen molar-refractivity contribution in [1.29, 1.82) is 0 Å². The van der Waals surface area contributed by atoms with E-state index in [1.165, 1.54) is 0 Å². The number of phenolic OH excluding ortho intramolecular Hbond substituents is 2. The van der Waals surface area contributed by atoms with Gasteiger partial charge in [0, 0.05) is 0 Å². The highest BCUT2D eigenvalue weighted by molar-refractivity contribution is 5.59. The second-order valence-corrected chi connectivity index (χ2v) is 5.14. The molecule has 0 bridgehead atoms. The summed E-state index contributed by atoms with van der Waals surface area (Å²) in [5, 5.41) is 20.7. The van der Waals surface area contributed by atoms with Crippen LogP contribution < -0.4 is 4.74 Å². The summed E-state index contributed by atoms with van der Waals surface area (Å²) in [6.45, 7) is 4.12. The number of hydrogen-bond acceptors (Lipinski definition) is 3. The molecular weight excluding hydrogens is 264 g/mol.